The molecule has 276 valence electrons. The third-order valence-electron chi connectivity index (χ3n) is 10.7. The fourth-order valence-corrected chi connectivity index (χ4v) is 7.42. The predicted octanol–water partition coefficient (Wildman–Crippen LogP) is 14.3. The molecule has 0 unspecified atom stereocenters. The number of unbranched alkanes of at least 4 members (excludes halogenated alkanes) is 27. The van der Waals surface area contributed by atoms with Crippen molar-refractivity contribution in [3.8, 4) is 0 Å². The summed E-state index contributed by atoms with van der Waals surface area (Å²) in [5.41, 5.74) is 1.61. The van der Waals surface area contributed by atoms with Crippen LogP contribution < -0.4 is 4.57 Å². The minimum Gasteiger partial charge on any atom is -0.331 e. The van der Waals surface area contributed by atoms with Gasteiger partial charge in [0.05, 0.1) is 27.7 Å². The van der Waals surface area contributed by atoms with Gasteiger partial charge >= 0.3 is 0 Å². The molecule has 1 aromatic rings. The minimum atomic E-state index is 0.762. The first kappa shape index (κ1) is 44.1. The van der Waals surface area contributed by atoms with E-state index in [1.807, 2.05) is 0 Å². The van der Waals surface area contributed by atoms with E-state index in [-0.39, 0.29) is 0 Å². The quantitative estimate of drug-likeness (QED) is 0.0384. The molecule has 1 aromatic heterocycles. The van der Waals surface area contributed by atoms with Crippen molar-refractivity contribution >= 4 is 0 Å². The molecule has 0 aliphatic carbocycles. The van der Waals surface area contributed by atoms with Crippen LogP contribution in [0, 0.1) is 0 Å². The van der Waals surface area contributed by atoms with Crippen LogP contribution in [-0.2, 0) is 6.54 Å². The molecule has 1 rings (SSSR count). The van der Waals surface area contributed by atoms with E-state index in [0.717, 1.165) is 16.9 Å². The van der Waals surface area contributed by atoms with Crippen LogP contribution >= 0.6 is 0 Å². The lowest BCUT2D eigenvalue weighted by Crippen LogP contribution is -2.37. The Balaban J connectivity index is 2.28. The van der Waals surface area contributed by atoms with Gasteiger partial charge in [0, 0.05) is 25.0 Å². The van der Waals surface area contributed by atoms with Gasteiger partial charge in [0.25, 0.3) is 0 Å². The molecule has 47 heavy (non-hydrogen) atoms. The van der Waals surface area contributed by atoms with E-state index in [4.69, 9.17) is 0 Å². The normalized spacial score (nSPS) is 12.0. The van der Waals surface area contributed by atoms with Crippen LogP contribution in [0.3, 0.4) is 0 Å². The summed E-state index contributed by atoms with van der Waals surface area (Å²) in [5.74, 6) is 0.762. The number of nitrogens with zero attached hydrogens (tertiary/aromatic N) is 2. The van der Waals surface area contributed by atoms with E-state index in [0.29, 0.717) is 0 Å². The Morgan fingerprint density at radius 3 is 1.06 bits per heavy atom. The van der Waals surface area contributed by atoms with Crippen molar-refractivity contribution < 1.29 is 9.05 Å². The smallest absolute Gasteiger partial charge is 0.169 e. The van der Waals surface area contributed by atoms with Gasteiger partial charge in [-0.05, 0) is 24.3 Å². The van der Waals surface area contributed by atoms with Gasteiger partial charge in [-0.25, -0.2) is 4.57 Å². The largest absolute Gasteiger partial charge is 0.331 e. The zero-order valence-corrected chi connectivity index (χ0v) is 33.3. The van der Waals surface area contributed by atoms with E-state index in [1.54, 1.807) is 5.56 Å². The van der Waals surface area contributed by atoms with E-state index in [2.05, 4.69) is 64.1 Å². The number of hydrogen-bond acceptors (Lipinski definition) is 0. The van der Waals surface area contributed by atoms with Gasteiger partial charge in [-0.3, -0.25) is 0 Å². The van der Waals surface area contributed by atoms with Crippen molar-refractivity contribution in [3.05, 3.63) is 30.1 Å². The molecule has 0 bridgehead atoms. The van der Waals surface area contributed by atoms with Gasteiger partial charge in [0.15, 0.2) is 12.4 Å². The summed E-state index contributed by atoms with van der Waals surface area (Å²) in [6.45, 7) is 7.04. The highest BCUT2D eigenvalue weighted by Gasteiger charge is 2.14. The van der Waals surface area contributed by atoms with E-state index < -0.39 is 0 Å². The van der Waals surface area contributed by atoms with Gasteiger partial charge < -0.3 is 4.48 Å². The summed E-state index contributed by atoms with van der Waals surface area (Å²) >= 11 is 0. The Morgan fingerprint density at radius 1 is 0.426 bits per heavy atom. The zero-order chi connectivity index (χ0) is 34.1. The average Bonchev–Trinajstić information content (AvgIpc) is 3.06. The fourth-order valence-electron chi connectivity index (χ4n) is 7.42. The van der Waals surface area contributed by atoms with Crippen LogP contribution in [0.25, 0.3) is 0 Å². The molecule has 0 spiro atoms. The molecule has 0 N–H and O–H groups in total. The number of aryl methyl sites for hydroxylation is 1. The first-order valence-corrected chi connectivity index (χ1v) is 21.8. The third kappa shape index (κ3) is 29.7. The molecule has 0 aliphatic heterocycles. The number of hydrogen-bond donors (Lipinski definition) is 0. The van der Waals surface area contributed by atoms with Crippen LogP contribution in [0.4, 0.5) is 0 Å². The van der Waals surface area contributed by atoms with Crippen molar-refractivity contribution in [2.45, 2.75) is 232 Å². The summed E-state index contributed by atoms with van der Waals surface area (Å²) in [7, 11) is 6.91. The highest BCUT2D eigenvalue weighted by molar-refractivity contribution is 5.13. The molecule has 0 saturated carbocycles. The SMILES string of the molecule is CCCCCCCCCCCCCCCCC(CCCCCCCCCCCCCCCC)c1cc[n+](CCCC[N+](C)(C)C)cc1. The van der Waals surface area contributed by atoms with Gasteiger partial charge in [0.1, 0.15) is 6.54 Å². The van der Waals surface area contributed by atoms with Crippen LogP contribution in [0.1, 0.15) is 231 Å². The molecule has 2 nitrogen and oxygen atoms in total. The minimum absolute atomic E-state index is 0.762. The average molecular weight is 657 g/mol. The van der Waals surface area contributed by atoms with Gasteiger partial charge in [-0.15, -0.1) is 0 Å². The molecular formula is C45H88N2+2. The highest BCUT2D eigenvalue weighted by Crippen LogP contribution is 2.28. The lowest BCUT2D eigenvalue weighted by molar-refractivity contribution is -0.870. The molecule has 0 saturated heterocycles. The first-order valence-electron chi connectivity index (χ1n) is 21.8. The van der Waals surface area contributed by atoms with Crippen molar-refractivity contribution in [1.82, 2.24) is 0 Å². The fraction of sp³-hybridized carbons (Fsp3) is 0.889. The molecule has 0 aliphatic rings. The molecule has 0 amide bonds. The second-order valence-corrected chi connectivity index (χ2v) is 16.6. The maximum Gasteiger partial charge on any atom is 0.169 e. The van der Waals surface area contributed by atoms with Crippen molar-refractivity contribution in [2.75, 3.05) is 27.7 Å². The number of rotatable bonds is 36. The number of pyridine rings is 1. The Morgan fingerprint density at radius 2 is 0.745 bits per heavy atom. The lowest BCUT2D eigenvalue weighted by atomic mass is 9.88. The molecule has 0 fully saturated rings. The third-order valence-corrected chi connectivity index (χ3v) is 10.7. The van der Waals surface area contributed by atoms with E-state index in [9.17, 15) is 0 Å². The van der Waals surface area contributed by atoms with Gasteiger partial charge in [0.2, 0.25) is 0 Å². The number of quaternary nitrogens is 1. The molecular weight excluding hydrogens is 569 g/mol. The molecule has 1 heterocycles. The standard InChI is InChI=1S/C45H88N2/c1-6-8-10-12-14-16-18-20-22-24-26-28-30-32-36-44(45-38-41-46(42-39-45)40-34-35-43-47(3,4)5)37-33-31-29-27-25-23-21-19-17-15-13-11-9-7-2/h38-39,41-42,44H,6-37,40,43H2,1-5H3/q+2. The van der Waals surface area contributed by atoms with E-state index in [1.165, 1.54) is 212 Å². The van der Waals surface area contributed by atoms with Crippen LogP contribution in [0.2, 0.25) is 0 Å². The lowest BCUT2D eigenvalue weighted by Gasteiger charge is -2.23. The van der Waals surface area contributed by atoms with E-state index >= 15 is 0 Å². The molecule has 0 radical (unpaired) electrons. The summed E-state index contributed by atoms with van der Waals surface area (Å²) in [4.78, 5) is 0. The summed E-state index contributed by atoms with van der Waals surface area (Å²) in [5, 5.41) is 0. The van der Waals surface area contributed by atoms with Crippen molar-refractivity contribution in [2.24, 2.45) is 0 Å². The summed E-state index contributed by atoms with van der Waals surface area (Å²) < 4.78 is 3.50. The van der Waals surface area contributed by atoms with Crippen LogP contribution in [0.15, 0.2) is 24.5 Å². The highest BCUT2D eigenvalue weighted by atomic mass is 15.3. The Bertz CT molecular complexity index is 716. The van der Waals surface area contributed by atoms with Crippen molar-refractivity contribution in [1.29, 1.82) is 0 Å². The summed E-state index contributed by atoms with van der Waals surface area (Å²) in [6.07, 6.45) is 50.7. The van der Waals surface area contributed by atoms with Gasteiger partial charge in [-0.2, -0.15) is 0 Å². The summed E-state index contributed by atoms with van der Waals surface area (Å²) in [6, 6.07) is 4.94. The maximum atomic E-state index is 2.47. The monoisotopic (exact) mass is 657 g/mol. The zero-order valence-electron chi connectivity index (χ0n) is 33.3. The Hall–Kier alpha value is -0.890. The van der Waals surface area contributed by atoms with Crippen LogP contribution in [-0.4, -0.2) is 32.2 Å². The first-order chi connectivity index (χ1) is 23.0. The molecule has 0 aromatic carbocycles. The molecule has 2 heteroatoms. The Kier molecular flexibility index (Phi) is 30.3. The molecule has 0 atom stereocenters. The van der Waals surface area contributed by atoms with Crippen LogP contribution in [0.5, 0.6) is 0 Å². The topological polar surface area (TPSA) is 3.88 Å². The second-order valence-electron chi connectivity index (χ2n) is 16.6. The van der Waals surface area contributed by atoms with Gasteiger partial charge in [-0.1, -0.05) is 194 Å². The second kappa shape index (κ2) is 32.3. The maximum absolute atomic E-state index is 2.47. The predicted molar refractivity (Wildman–Crippen MR) is 211 cm³/mol. The number of aromatic nitrogens is 1. The Labute approximate surface area is 297 Å². The van der Waals surface area contributed by atoms with Crippen molar-refractivity contribution in [3.63, 3.8) is 0 Å².